The van der Waals surface area contributed by atoms with E-state index >= 15 is 0 Å². The molecule has 0 saturated heterocycles. The minimum absolute atomic E-state index is 1.02. The molecule has 1 heterocycles. The molecule has 2 nitrogen and oxygen atoms in total. The molecule has 0 aromatic heterocycles. The second-order valence-corrected chi connectivity index (χ2v) is 24.6. The molecule has 0 aliphatic carbocycles. The highest BCUT2D eigenvalue weighted by atomic mass is 15.2. The Labute approximate surface area is 475 Å². The Balaban J connectivity index is 1.25. The lowest BCUT2D eigenvalue weighted by atomic mass is 9.92. The van der Waals surface area contributed by atoms with Gasteiger partial charge in [0, 0.05) is 22.3 Å². The van der Waals surface area contributed by atoms with Gasteiger partial charge in [-0.2, -0.15) is 0 Å². The topological polar surface area (TPSA) is 25.3 Å². The Bertz CT molecular complexity index is 1550. The van der Waals surface area contributed by atoms with E-state index in [2.05, 4.69) is 76.2 Å². The maximum atomic E-state index is 12.1. The van der Waals surface area contributed by atoms with Gasteiger partial charge < -0.3 is 5.53 Å². The van der Waals surface area contributed by atoms with Gasteiger partial charge in [-0.25, -0.2) is 4.70 Å². The summed E-state index contributed by atoms with van der Waals surface area (Å²) in [5.74, 6) is 0. The molecule has 0 atom stereocenters. The van der Waals surface area contributed by atoms with E-state index in [4.69, 9.17) is 0 Å². The van der Waals surface area contributed by atoms with E-state index in [1.54, 1.807) is 4.70 Å². The number of allylic oxidation sites excluding steroid dienone is 2. The summed E-state index contributed by atoms with van der Waals surface area (Å²) in [6.07, 6.45) is 74.9. The molecule has 0 radical (unpaired) electrons. The lowest BCUT2D eigenvalue weighted by Crippen LogP contribution is -2.03. The van der Waals surface area contributed by atoms with E-state index in [0.717, 1.165) is 73.9 Å². The summed E-state index contributed by atoms with van der Waals surface area (Å²) in [6.45, 7) is 9.21. The zero-order valence-electron chi connectivity index (χ0n) is 51.7. The largest absolute Gasteiger partial charge is 0.493 e. The van der Waals surface area contributed by atoms with Gasteiger partial charge in [0.2, 0.25) is 11.4 Å². The fraction of sp³-hybridized carbons (Fsp3) is 0.784. The molecule has 2 aromatic carbocycles. The highest BCUT2D eigenvalue weighted by Gasteiger charge is 2.35. The third-order valence-electron chi connectivity index (χ3n) is 17.5. The van der Waals surface area contributed by atoms with Crippen LogP contribution in [-0.4, -0.2) is 4.70 Å². The molecule has 1 aliphatic heterocycles. The molecule has 434 valence electrons. The molecule has 0 fully saturated rings. The number of rotatable bonds is 56. The predicted octanol–water partition coefficient (Wildman–Crippen LogP) is 26.3. The average molecular weight is 1050 g/mol. The maximum absolute atomic E-state index is 12.1. The van der Waals surface area contributed by atoms with Crippen LogP contribution >= 0.6 is 0 Å². The van der Waals surface area contributed by atoms with Gasteiger partial charge in [-0.3, -0.25) is 0 Å². The number of benzene rings is 2. The maximum Gasteiger partial charge on any atom is 0.211 e. The molecule has 2 aromatic rings. The number of nitrogens with zero attached hydrogens (tertiary/aromatic N) is 2. The summed E-state index contributed by atoms with van der Waals surface area (Å²) in [5, 5.41) is 0. The molecule has 0 N–H and O–H groups in total. The molecule has 1 aliphatic rings. The Kier molecular flexibility index (Phi) is 44.2. The van der Waals surface area contributed by atoms with E-state index in [-0.39, 0.29) is 0 Å². The van der Waals surface area contributed by atoms with Crippen molar-refractivity contribution >= 4 is 11.4 Å². The summed E-state index contributed by atoms with van der Waals surface area (Å²) >= 11 is 0. The van der Waals surface area contributed by atoms with Crippen LogP contribution in [0.3, 0.4) is 0 Å². The van der Waals surface area contributed by atoms with E-state index < -0.39 is 0 Å². The van der Waals surface area contributed by atoms with Crippen LogP contribution in [0.25, 0.3) is 16.9 Å². The first kappa shape index (κ1) is 67.8. The van der Waals surface area contributed by atoms with Gasteiger partial charge in [0.25, 0.3) is 0 Å². The predicted molar refractivity (Wildman–Crippen MR) is 341 cm³/mol. The Hall–Kier alpha value is -2.48. The zero-order chi connectivity index (χ0) is 54.0. The van der Waals surface area contributed by atoms with Crippen LogP contribution in [0.1, 0.15) is 384 Å². The second kappa shape index (κ2) is 49.6. The second-order valence-electron chi connectivity index (χ2n) is 24.6. The minimum atomic E-state index is 1.02. The van der Waals surface area contributed by atoms with Crippen LogP contribution in [0, 0.1) is 0 Å². The van der Waals surface area contributed by atoms with Crippen LogP contribution in [0.2, 0.25) is 0 Å². The average Bonchev–Trinajstić information content (AvgIpc) is 3.72. The lowest BCUT2D eigenvalue weighted by molar-refractivity contribution is -0.345. The van der Waals surface area contributed by atoms with Crippen molar-refractivity contribution in [2.75, 3.05) is 0 Å². The van der Waals surface area contributed by atoms with E-state index in [1.165, 1.54) is 318 Å². The summed E-state index contributed by atoms with van der Waals surface area (Å²) < 4.78 is 1.58. The number of hydrogen-bond donors (Lipinski definition) is 0. The standard InChI is InChI=1S/C74H128N2/c1-5-9-13-15-17-19-21-23-25-27-29-31-33-35-37-39-41-43-45-47-49-51-53-55-67-59-63-69(64-60-67)73-71(57-11-7-3)72(58-12-8-4)74(76(73)75)70-65-61-68(62-66-70)56-54-52-50-48-46-44-42-40-38-36-34-32-30-28-26-24-22-20-18-16-14-10-6-2/h59-66H,5-58H2,1-4H3. The fourth-order valence-electron chi connectivity index (χ4n) is 12.4. The molecular weight excluding hydrogens is 917 g/mol. The van der Waals surface area contributed by atoms with Crippen molar-refractivity contribution in [3.8, 4) is 0 Å². The van der Waals surface area contributed by atoms with Crippen LogP contribution in [0.5, 0.6) is 0 Å². The smallest absolute Gasteiger partial charge is 0.211 e. The Morgan fingerprint density at radius 1 is 0.224 bits per heavy atom. The number of hydrogen-bond acceptors (Lipinski definition) is 0. The van der Waals surface area contributed by atoms with Crippen molar-refractivity contribution in [2.24, 2.45) is 0 Å². The number of aryl methyl sites for hydroxylation is 2. The van der Waals surface area contributed by atoms with Crippen LogP contribution in [-0.2, 0) is 12.8 Å². The van der Waals surface area contributed by atoms with Crippen molar-refractivity contribution < 1.29 is 4.70 Å². The quantitative estimate of drug-likeness (QED) is 0.0466. The van der Waals surface area contributed by atoms with Crippen molar-refractivity contribution in [1.29, 1.82) is 0 Å². The molecule has 3 rings (SSSR count). The van der Waals surface area contributed by atoms with E-state index in [9.17, 15) is 5.53 Å². The highest BCUT2D eigenvalue weighted by Crippen LogP contribution is 2.44. The minimum Gasteiger partial charge on any atom is -0.493 e. The molecule has 2 heteroatoms. The SMILES string of the molecule is CCCCCCCCCCCCCCCCCCCCCCCCCc1ccc(C2=C(CCCC)C(CCCC)=C(c3ccc(CCCCCCCCCCCCCCCCCCCCCCCCC)cc3)[N+]2=[N-])cc1. The van der Waals surface area contributed by atoms with Gasteiger partial charge in [0.15, 0.2) is 0 Å². The molecule has 0 saturated carbocycles. The van der Waals surface area contributed by atoms with Crippen molar-refractivity contribution in [2.45, 2.75) is 374 Å². The summed E-state index contributed by atoms with van der Waals surface area (Å²) in [7, 11) is 0. The van der Waals surface area contributed by atoms with Gasteiger partial charge in [-0.05, 0) is 86.8 Å². The molecule has 0 amide bonds. The lowest BCUT2D eigenvalue weighted by Gasteiger charge is -2.11. The monoisotopic (exact) mass is 1050 g/mol. The molecular formula is C74H128N2. The molecule has 0 spiro atoms. The first-order valence-electron chi connectivity index (χ1n) is 34.8. The van der Waals surface area contributed by atoms with Crippen LogP contribution in [0.4, 0.5) is 0 Å². The van der Waals surface area contributed by atoms with Gasteiger partial charge in [-0.1, -0.05) is 347 Å². The number of unbranched alkanes of at least 4 members (excludes halogenated alkanes) is 46. The molecule has 0 bridgehead atoms. The summed E-state index contributed by atoms with van der Waals surface area (Å²) in [5.41, 5.74) is 22.1. The van der Waals surface area contributed by atoms with Crippen molar-refractivity contribution in [1.82, 2.24) is 0 Å². The summed E-state index contributed by atoms with van der Waals surface area (Å²) in [4.78, 5) is 0. The van der Waals surface area contributed by atoms with Crippen LogP contribution < -0.4 is 0 Å². The fourth-order valence-corrected chi connectivity index (χ4v) is 12.4. The third kappa shape index (κ3) is 33.2. The van der Waals surface area contributed by atoms with Gasteiger partial charge in [-0.15, -0.1) is 0 Å². The van der Waals surface area contributed by atoms with Crippen molar-refractivity contribution in [3.05, 3.63) is 87.5 Å². The van der Waals surface area contributed by atoms with Crippen LogP contribution in [0.15, 0.2) is 59.7 Å². The summed E-state index contributed by atoms with van der Waals surface area (Å²) in [6, 6.07) is 18.5. The Morgan fingerprint density at radius 2 is 0.408 bits per heavy atom. The van der Waals surface area contributed by atoms with E-state index in [1.807, 2.05) is 0 Å². The van der Waals surface area contributed by atoms with E-state index in [0.29, 0.717) is 0 Å². The normalized spacial score (nSPS) is 12.9. The third-order valence-corrected chi connectivity index (χ3v) is 17.5. The van der Waals surface area contributed by atoms with Gasteiger partial charge in [0.05, 0.1) is 0 Å². The zero-order valence-corrected chi connectivity index (χ0v) is 51.7. The van der Waals surface area contributed by atoms with Gasteiger partial charge >= 0.3 is 0 Å². The molecule has 0 unspecified atom stereocenters. The van der Waals surface area contributed by atoms with Crippen molar-refractivity contribution in [3.63, 3.8) is 0 Å². The first-order valence-corrected chi connectivity index (χ1v) is 34.8. The Morgan fingerprint density at radius 3 is 0.605 bits per heavy atom. The highest BCUT2D eigenvalue weighted by molar-refractivity contribution is 5.82. The molecule has 76 heavy (non-hydrogen) atoms. The first-order chi connectivity index (χ1) is 37.6. The van der Waals surface area contributed by atoms with Gasteiger partial charge in [0.1, 0.15) is 0 Å².